The van der Waals surface area contributed by atoms with Crippen molar-refractivity contribution in [2.24, 2.45) is 0 Å². The van der Waals surface area contributed by atoms with Gasteiger partial charge in [0.2, 0.25) is 0 Å². The van der Waals surface area contributed by atoms with Gasteiger partial charge in [0.1, 0.15) is 23.6 Å². The Hall–Kier alpha value is -2.99. The Morgan fingerprint density at radius 1 is 1.12 bits per heavy atom. The van der Waals surface area contributed by atoms with Crippen LogP contribution in [0.25, 0.3) is 10.9 Å². The molecule has 0 saturated carbocycles. The number of aromatic carboxylic acids is 1. The fourth-order valence-electron chi connectivity index (χ4n) is 2.34. The number of hydrogen-bond acceptors (Lipinski definition) is 5. The van der Waals surface area contributed by atoms with Crippen LogP contribution in [0.1, 0.15) is 16.2 Å². The van der Waals surface area contributed by atoms with Crippen LogP contribution in [-0.2, 0) is 6.54 Å². The van der Waals surface area contributed by atoms with Gasteiger partial charge in [-0.3, -0.25) is 4.98 Å². The molecule has 6 heteroatoms. The van der Waals surface area contributed by atoms with Crippen LogP contribution in [0, 0.1) is 0 Å². The first-order valence-electron chi connectivity index (χ1n) is 7.60. The highest BCUT2D eigenvalue weighted by atomic mass is 16.5. The van der Waals surface area contributed by atoms with Gasteiger partial charge in [0.15, 0.2) is 0 Å². The molecule has 3 aromatic rings. The van der Waals surface area contributed by atoms with Crippen LogP contribution in [0.2, 0.25) is 0 Å². The van der Waals surface area contributed by atoms with Gasteiger partial charge < -0.3 is 15.2 Å². The SMILES string of the molecule is O=C(O)c1cccc(CNCCOc2cccc3cccnc23)n1. The molecule has 0 bridgehead atoms. The lowest BCUT2D eigenvalue weighted by atomic mass is 10.2. The number of carboxylic acids is 1. The summed E-state index contributed by atoms with van der Waals surface area (Å²) >= 11 is 0. The molecule has 2 heterocycles. The Kier molecular flexibility index (Phi) is 4.98. The van der Waals surface area contributed by atoms with Crippen LogP contribution < -0.4 is 10.1 Å². The maximum absolute atomic E-state index is 10.9. The van der Waals surface area contributed by atoms with Crippen LogP contribution in [0.5, 0.6) is 5.75 Å². The molecule has 122 valence electrons. The molecule has 0 radical (unpaired) electrons. The molecule has 0 saturated heterocycles. The zero-order valence-electron chi connectivity index (χ0n) is 13.0. The smallest absolute Gasteiger partial charge is 0.354 e. The zero-order valence-corrected chi connectivity index (χ0v) is 13.0. The average Bonchev–Trinajstić information content (AvgIpc) is 2.62. The second kappa shape index (κ2) is 7.52. The van der Waals surface area contributed by atoms with Crippen molar-refractivity contribution in [2.45, 2.75) is 6.54 Å². The number of aromatic nitrogens is 2. The molecule has 0 aliphatic carbocycles. The van der Waals surface area contributed by atoms with Gasteiger partial charge in [0, 0.05) is 24.7 Å². The van der Waals surface area contributed by atoms with Crippen LogP contribution in [0.4, 0.5) is 0 Å². The average molecular weight is 323 g/mol. The third kappa shape index (κ3) is 3.85. The predicted octanol–water partition coefficient (Wildman–Crippen LogP) is 2.50. The number of carboxylic acid groups (broad SMARTS) is 1. The number of benzene rings is 1. The van der Waals surface area contributed by atoms with Gasteiger partial charge in [0.25, 0.3) is 0 Å². The van der Waals surface area contributed by atoms with E-state index in [1.807, 2.05) is 30.3 Å². The molecule has 0 aliphatic heterocycles. The zero-order chi connectivity index (χ0) is 16.8. The molecule has 0 spiro atoms. The molecular weight excluding hydrogens is 306 g/mol. The van der Waals surface area contributed by atoms with Gasteiger partial charge in [-0.25, -0.2) is 9.78 Å². The Morgan fingerprint density at radius 2 is 1.96 bits per heavy atom. The van der Waals surface area contributed by atoms with E-state index >= 15 is 0 Å². The number of ether oxygens (including phenoxy) is 1. The first-order chi connectivity index (χ1) is 11.7. The van der Waals surface area contributed by atoms with Crippen molar-refractivity contribution in [2.75, 3.05) is 13.2 Å². The lowest BCUT2D eigenvalue weighted by Crippen LogP contribution is -2.21. The molecule has 0 atom stereocenters. The Morgan fingerprint density at radius 3 is 2.83 bits per heavy atom. The maximum atomic E-state index is 10.9. The first kappa shape index (κ1) is 15.9. The second-order valence-electron chi connectivity index (χ2n) is 5.18. The Bertz CT molecular complexity index is 846. The molecule has 24 heavy (non-hydrogen) atoms. The maximum Gasteiger partial charge on any atom is 0.354 e. The van der Waals surface area contributed by atoms with Crippen molar-refractivity contribution in [1.29, 1.82) is 0 Å². The van der Waals surface area contributed by atoms with Crippen LogP contribution in [0.3, 0.4) is 0 Å². The quantitative estimate of drug-likeness (QED) is 0.650. The molecule has 1 aromatic carbocycles. The highest BCUT2D eigenvalue weighted by Crippen LogP contribution is 2.22. The molecule has 2 N–H and O–H groups in total. The largest absolute Gasteiger partial charge is 0.490 e. The van der Waals surface area contributed by atoms with Crippen molar-refractivity contribution in [3.63, 3.8) is 0 Å². The fraction of sp³-hybridized carbons (Fsp3) is 0.167. The summed E-state index contributed by atoms with van der Waals surface area (Å²) in [5.74, 6) is -0.274. The van der Waals surface area contributed by atoms with Gasteiger partial charge in [-0.2, -0.15) is 0 Å². The fourth-order valence-corrected chi connectivity index (χ4v) is 2.34. The first-order valence-corrected chi connectivity index (χ1v) is 7.60. The van der Waals surface area contributed by atoms with E-state index < -0.39 is 5.97 Å². The van der Waals surface area contributed by atoms with E-state index in [0.717, 1.165) is 16.7 Å². The van der Waals surface area contributed by atoms with Crippen molar-refractivity contribution in [3.05, 3.63) is 66.1 Å². The highest BCUT2D eigenvalue weighted by molar-refractivity contribution is 5.85. The van der Waals surface area contributed by atoms with E-state index in [4.69, 9.17) is 9.84 Å². The third-order valence-corrected chi connectivity index (χ3v) is 3.46. The third-order valence-electron chi connectivity index (χ3n) is 3.46. The molecule has 2 aromatic heterocycles. The summed E-state index contributed by atoms with van der Waals surface area (Å²) in [4.78, 5) is 19.3. The van der Waals surface area contributed by atoms with Crippen molar-refractivity contribution >= 4 is 16.9 Å². The molecule has 0 amide bonds. The summed E-state index contributed by atoms with van der Waals surface area (Å²) in [6, 6.07) is 14.7. The minimum atomic E-state index is -1.02. The predicted molar refractivity (Wildman–Crippen MR) is 90.1 cm³/mol. The number of nitrogens with one attached hydrogen (secondary N) is 1. The van der Waals surface area contributed by atoms with Crippen molar-refractivity contribution in [1.82, 2.24) is 15.3 Å². The number of nitrogens with zero attached hydrogens (tertiary/aromatic N) is 2. The summed E-state index contributed by atoms with van der Waals surface area (Å²) in [6.07, 6.45) is 1.74. The normalized spacial score (nSPS) is 10.7. The van der Waals surface area contributed by atoms with Gasteiger partial charge >= 0.3 is 5.97 Å². The van der Waals surface area contributed by atoms with E-state index in [1.54, 1.807) is 18.3 Å². The van der Waals surface area contributed by atoms with Gasteiger partial charge in [-0.1, -0.05) is 24.3 Å². The number of hydrogen-bond donors (Lipinski definition) is 2. The number of carbonyl (C=O) groups is 1. The van der Waals surface area contributed by atoms with E-state index in [9.17, 15) is 4.79 Å². The van der Waals surface area contributed by atoms with E-state index in [-0.39, 0.29) is 5.69 Å². The molecular formula is C18H17N3O3. The molecule has 3 rings (SSSR count). The summed E-state index contributed by atoms with van der Waals surface area (Å²) in [5.41, 5.74) is 1.57. The summed E-state index contributed by atoms with van der Waals surface area (Å²) in [6.45, 7) is 1.58. The number of para-hydroxylation sites is 1. The number of pyridine rings is 2. The van der Waals surface area contributed by atoms with Gasteiger partial charge in [-0.15, -0.1) is 0 Å². The highest BCUT2D eigenvalue weighted by Gasteiger charge is 2.05. The molecule has 0 fully saturated rings. The van der Waals surface area contributed by atoms with Crippen LogP contribution >= 0.6 is 0 Å². The molecule has 0 aliphatic rings. The van der Waals surface area contributed by atoms with Crippen LogP contribution in [-0.4, -0.2) is 34.2 Å². The van der Waals surface area contributed by atoms with Crippen molar-refractivity contribution < 1.29 is 14.6 Å². The van der Waals surface area contributed by atoms with E-state index in [1.165, 1.54) is 6.07 Å². The van der Waals surface area contributed by atoms with Crippen LogP contribution in [0.15, 0.2) is 54.7 Å². The minimum absolute atomic E-state index is 0.0485. The second-order valence-corrected chi connectivity index (χ2v) is 5.18. The number of fused-ring (bicyclic) bond motifs is 1. The molecule has 0 unspecified atom stereocenters. The topological polar surface area (TPSA) is 84.3 Å². The van der Waals surface area contributed by atoms with Crippen molar-refractivity contribution in [3.8, 4) is 5.75 Å². The summed E-state index contributed by atoms with van der Waals surface area (Å²) in [5, 5.41) is 13.1. The van der Waals surface area contributed by atoms with E-state index in [2.05, 4.69) is 15.3 Å². The van der Waals surface area contributed by atoms with E-state index in [0.29, 0.717) is 25.4 Å². The lowest BCUT2D eigenvalue weighted by Gasteiger charge is -2.09. The summed E-state index contributed by atoms with van der Waals surface area (Å²) in [7, 11) is 0. The minimum Gasteiger partial charge on any atom is -0.490 e. The standard InChI is InChI=1S/C18H17N3O3/c22-18(23)15-7-2-6-14(21-15)12-19-10-11-24-16-8-1-4-13-5-3-9-20-17(13)16/h1-9,19H,10-12H2,(H,22,23). The Balaban J connectivity index is 1.50. The number of rotatable bonds is 7. The summed E-state index contributed by atoms with van der Waals surface area (Å²) < 4.78 is 5.78. The monoisotopic (exact) mass is 323 g/mol. The Labute approximate surface area is 139 Å². The lowest BCUT2D eigenvalue weighted by molar-refractivity contribution is 0.0690. The van der Waals surface area contributed by atoms with Gasteiger partial charge in [0.05, 0.1) is 5.69 Å². The van der Waals surface area contributed by atoms with Gasteiger partial charge in [-0.05, 0) is 24.3 Å². The molecule has 6 nitrogen and oxygen atoms in total.